The Morgan fingerprint density at radius 3 is 2.69 bits per heavy atom. The van der Waals surface area contributed by atoms with E-state index in [1.54, 1.807) is 4.72 Å². The van der Waals surface area contributed by atoms with Gasteiger partial charge < -0.3 is 4.98 Å². The quantitative estimate of drug-likeness (QED) is 0.395. The molecule has 0 saturated heterocycles. The maximum Gasteiger partial charge on any atom is 0.261 e. The van der Waals surface area contributed by atoms with E-state index < -0.39 is 62.0 Å². The summed E-state index contributed by atoms with van der Waals surface area (Å²) < 4.78 is 83.5. The summed E-state index contributed by atoms with van der Waals surface area (Å²) in [5.74, 6) is -4.70. The molecular weight excluding hydrogens is 474 g/mol. The molecule has 0 spiro atoms. The van der Waals surface area contributed by atoms with Gasteiger partial charge in [-0.1, -0.05) is 11.6 Å². The molecule has 0 aliphatic heterocycles. The second kappa shape index (κ2) is 8.06. The summed E-state index contributed by atoms with van der Waals surface area (Å²) in [6.45, 7) is 0. The summed E-state index contributed by atoms with van der Waals surface area (Å²) in [5.41, 5.74) is -1.72. The van der Waals surface area contributed by atoms with Crippen molar-refractivity contribution in [2.24, 2.45) is 0 Å². The summed E-state index contributed by atoms with van der Waals surface area (Å²) in [5, 5.41) is 0.384. The molecule has 0 bridgehead atoms. The molecule has 1 aliphatic carbocycles. The maximum absolute atomic E-state index is 15.1. The molecule has 2 aromatic heterocycles. The number of anilines is 1. The van der Waals surface area contributed by atoms with Gasteiger partial charge in [0, 0.05) is 29.8 Å². The van der Waals surface area contributed by atoms with Crippen LogP contribution in [-0.4, -0.2) is 30.3 Å². The first-order valence-corrected chi connectivity index (χ1v) is 10.8. The fourth-order valence-corrected chi connectivity index (χ4v) is 4.61. The van der Waals surface area contributed by atoms with E-state index in [9.17, 15) is 26.4 Å². The normalized spacial score (nSPS) is 16.6. The predicted octanol–water partition coefficient (Wildman–Crippen LogP) is 4.95. The molecule has 166 valence electrons. The van der Waals surface area contributed by atoms with Crippen LogP contribution in [0.1, 0.15) is 22.3 Å². The number of alkyl halides is 1. The molecular formula is C20H12ClF4N3O3S. The van der Waals surface area contributed by atoms with Crippen molar-refractivity contribution < 1.29 is 30.8 Å². The molecule has 2 N–H and O–H groups in total. The molecule has 1 unspecified atom stereocenters. The number of H-pyrrole nitrogens is 1. The van der Waals surface area contributed by atoms with Gasteiger partial charge in [-0.15, -0.1) is 0 Å². The number of ketones is 1. The van der Waals surface area contributed by atoms with Crippen LogP contribution in [-0.2, 0) is 10.0 Å². The number of hydrogen-bond acceptors (Lipinski definition) is 4. The first-order chi connectivity index (χ1) is 15.1. The van der Waals surface area contributed by atoms with E-state index >= 15 is 4.39 Å². The van der Waals surface area contributed by atoms with Crippen LogP contribution in [0.3, 0.4) is 0 Å². The van der Waals surface area contributed by atoms with E-state index in [2.05, 4.69) is 9.97 Å². The fourth-order valence-electron chi connectivity index (χ4n) is 3.22. The first-order valence-electron chi connectivity index (χ1n) is 8.97. The lowest BCUT2D eigenvalue weighted by Crippen LogP contribution is -2.24. The van der Waals surface area contributed by atoms with Crippen LogP contribution >= 0.6 is 11.6 Å². The molecule has 1 aromatic carbocycles. The Hall–Kier alpha value is -3.18. The predicted molar refractivity (Wildman–Crippen MR) is 110 cm³/mol. The highest BCUT2D eigenvalue weighted by molar-refractivity contribution is 7.96. The van der Waals surface area contributed by atoms with Gasteiger partial charge in [0.25, 0.3) is 10.0 Å². The number of aromatic nitrogens is 2. The van der Waals surface area contributed by atoms with Crippen LogP contribution in [0, 0.1) is 11.6 Å². The first kappa shape index (κ1) is 22.0. The molecule has 2 heterocycles. The smallest absolute Gasteiger partial charge is 0.261 e. The van der Waals surface area contributed by atoms with Crippen molar-refractivity contribution in [3.63, 3.8) is 0 Å². The lowest BCUT2D eigenvalue weighted by atomic mass is 10.0. The van der Waals surface area contributed by atoms with Crippen molar-refractivity contribution in [1.82, 2.24) is 9.97 Å². The van der Waals surface area contributed by atoms with E-state index in [1.165, 1.54) is 18.5 Å². The van der Waals surface area contributed by atoms with Gasteiger partial charge in [0.2, 0.25) is 5.78 Å². The second-order valence-electron chi connectivity index (χ2n) is 6.82. The van der Waals surface area contributed by atoms with Crippen LogP contribution in [0.5, 0.6) is 0 Å². The molecule has 1 aliphatic rings. The highest BCUT2D eigenvalue weighted by Crippen LogP contribution is 2.31. The molecule has 1 atom stereocenters. The van der Waals surface area contributed by atoms with Gasteiger partial charge in [-0.25, -0.2) is 31.0 Å². The Morgan fingerprint density at radius 1 is 1.22 bits per heavy atom. The lowest BCUT2D eigenvalue weighted by molar-refractivity contribution is 0.103. The average molecular weight is 486 g/mol. The van der Waals surface area contributed by atoms with Crippen LogP contribution in [0.4, 0.5) is 23.2 Å². The Balaban J connectivity index is 1.75. The van der Waals surface area contributed by atoms with Gasteiger partial charge in [-0.05, 0) is 30.4 Å². The zero-order chi connectivity index (χ0) is 23.2. The largest absolute Gasteiger partial charge is 0.345 e. The Morgan fingerprint density at radius 2 is 1.97 bits per heavy atom. The standard InChI is InChI=1S/C20H12ClF4N3O3S/c21-9-5-11-12(8-27-20(11)26-7-9)19(29)17-13(23)2-3-15(18(17)25)28-32(30,31)16-4-1-10(22)6-14(16)24/h1-5,7-8,14,28H,6H2,(H,26,27). The van der Waals surface area contributed by atoms with Crippen molar-refractivity contribution in [3.8, 4) is 0 Å². The van der Waals surface area contributed by atoms with Gasteiger partial charge in [-0.3, -0.25) is 9.52 Å². The summed E-state index contributed by atoms with van der Waals surface area (Å²) in [7, 11) is -4.66. The number of sulfonamides is 1. The van der Waals surface area contributed by atoms with Gasteiger partial charge in [0.05, 0.1) is 21.2 Å². The third-order valence-electron chi connectivity index (χ3n) is 4.73. The highest BCUT2D eigenvalue weighted by atomic mass is 35.5. The van der Waals surface area contributed by atoms with Crippen molar-refractivity contribution >= 4 is 44.1 Å². The van der Waals surface area contributed by atoms with Gasteiger partial charge >= 0.3 is 0 Å². The average Bonchev–Trinajstić information content (AvgIpc) is 3.12. The van der Waals surface area contributed by atoms with Crippen molar-refractivity contribution in [3.05, 3.63) is 81.3 Å². The molecule has 3 aromatic rings. The summed E-state index contributed by atoms with van der Waals surface area (Å²) >= 11 is 5.88. The number of benzene rings is 1. The van der Waals surface area contributed by atoms with Crippen molar-refractivity contribution in [2.75, 3.05) is 4.72 Å². The van der Waals surface area contributed by atoms with E-state index in [0.29, 0.717) is 12.1 Å². The number of aromatic amines is 1. The summed E-state index contributed by atoms with van der Waals surface area (Å²) in [6.07, 6.45) is 1.00. The number of nitrogens with zero attached hydrogens (tertiary/aromatic N) is 1. The van der Waals surface area contributed by atoms with Crippen LogP contribution in [0.15, 0.2) is 53.5 Å². The number of carbonyl (C=O) groups excluding carboxylic acids is 1. The number of rotatable bonds is 5. The Kier molecular flexibility index (Phi) is 5.55. The van der Waals surface area contributed by atoms with E-state index in [0.717, 1.165) is 12.1 Å². The number of fused-ring (bicyclic) bond motifs is 1. The lowest BCUT2D eigenvalue weighted by Gasteiger charge is -2.17. The van der Waals surface area contributed by atoms with Gasteiger partial charge in [0.1, 0.15) is 23.5 Å². The van der Waals surface area contributed by atoms with Gasteiger partial charge in [-0.2, -0.15) is 0 Å². The SMILES string of the molecule is O=C(c1c(F)ccc(NS(=O)(=O)C2=CC=C(F)CC2F)c1F)c1c[nH]c2ncc(Cl)cc12. The van der Waals surface area contributed by atoms with Crippen molar-refractivity contribution in [2.45, 2.75) is 12.6 Å². The molecule has 6 nitrogen and oxygen atoms in total. The molecule has 0 saturated carbocycles. The molecule has 12 heteroatoms. The fraction of sp³-hybridized carbons (Fsp3) is 0.100. The van der Waals surface area contributed by atoms with E-state index in [4.69, 9.17) is 11.6 Å². The number of halogens is 5. The van der Waals surface area contributed by atoms with Crippen LogP contribution in [0.2, 0.25) is 5.02 Å². The Labute approximate surface area is 183 Å². The number of hydrogen-bond donors (Lipinski definition) is 2. The summed E-state index contributed by atoms with van der Waals surface area (Å²) in [4.78, 5) is 18.7. The van der Waals surface area contributed by atoms with Crippen molar-refractivity contribution in [1.29, 1.82) is 0 Å². The van der Waals surface area contributed by atoms with Gasteiger partial charge in [0.15, 0.2) is 5.82 Å². The number of allylic oxidation sites excluding steroid dienone is 4. The zero-order valence-electron chi connectivity index (χ0n) is 15.8. The van der Waals surface area contributed by atoms with E-state index in [1.807, 2.05) is 0 Å². The molecule has 32 heavy (non-hydrogen) atoms. The minimum atomic E-state index is -4.66. The number of carbonyl (C=O) groups is 1. The third kappa shape index (κ3) is 3.89. The summed E-state index contributed by atoms with van der Waals surface area (Å²) in [6, 6.07) is 2.81. The minimum absolute atomic E-state index is 0.146. The molecule has 0 amide bonds. The molecule has 0 radical (unpaired) electrons. The van der Waals surface area contributed by atoms with Crippen LogP contribution in [0.25, 0.3) is 11.0 Å². The number of nitrogens with one attached hydrogen (secondary N) is 2. The van der Waals surface area contributed by atoms with E-state index in [-0.39, 0.29) is 21.6 Å². The zero-order valence-corrected chi connectivity index (χ0v) is 17.4. The monoisotopic (exact) mass is 485 g/mol. The third-order valence-corrected chi connectivity index (χ3v) is 6.43. The minimum Gasteiger partial charge on any atom is -0.345 e. The molecule has 0 fully saturated rings. The second-order valence-corrected chi connectivity index (χ2v) is 8.94. The topological polar surface area (TPSA) is 91.9 Å². The maximum atomic E-state index is 15.1. The number of pyridine rings is 1. The highest BCUT2D eigenvalue weighted by Gasteiger charge is 2.31. The van der Waals surface area contributed by atoms with Crippen LogP contribution < -0.4 is 4.72 Å². The Bertz CT molecular complexity index is 1430. The molecule has 4 rings (SSSR count).